The molecule has 0 atom stereocenters. The molecule has 6 heteroatoms. The second-order valence-electron chi connectivity index (χ2n) is 7.41. The minimum atomic E-state index is -0.399. The minimum Gasteiger partial charge on any atom is -0.467 e. The number of benzene rings is 2. The maximum atomic E-state index is 13.3. The predicted molar refractivity (Wildman–Crippen MR) is 117 cm³/mol. The Kier molecular flexibility index (Phi) is 5.22. The lowest BCUT2D eigenvalue weighted by atomic mass is 9.99. The van der Waals surface area contributed by atoms with Gasteiger partial charge in [-0.2, -0.15) is 0 Å². The third kappa shape index (κ3) is 3.64. The summed E-state index contributed by atoms with van der Waals surface area (Å²) in [5, 5.41) is 3.72. The van der Waals surface area contributed by atoms with Gasteiger partial charge in [-0.15, -0.1) is 0 Å². The molecular formula is C24H21ClN2O3. The van der Waals surface area contributed by atoms with E-state index in [-0.39, 0.29) is 18.1 Å². The van der Waals surface area contributed by atoms with E-state index in [0.717, 1.165) is 16.7 Å². The van der Waals surface area contributed by atoms with Crippen LogP contribution in [0.15, 0.2) is 64.9 Å². The molecule has 0 unspecified atom stereocenters. The Morgan fingerprint density at radius 2 is 1.70 bits per heavy atom. The Balaban J connectivity index is 1.81. The molecule has 1 aliphatic heterocycles. The zero-order chi connectivity index (χ0) is 21.4. The van der Waals surface area contributed by atoms with E-state index < -0.39 is 5.91 Å². The lowest BCUT2D eigenvalue weighted by Crippen LogP contribution is -2.31. The van der Waals surface area contributed by atoms with Crippen molar-refractivity contribution in [2.75, 3.05) is 5.32 Å². The van der Waals surface area contributed by atoms with Gasteiger partial charge < -0.3 is 9.73 Å². The quantitative estimate of drug-likeness (QED) is 0.572. The molecule has 0 bridgehead atoms. The molecule has 2 amide bonds. The van der Waals surface area contributed by atoms with Gasteiger partial charge in [0.25, 0.3) is 11.8 Å². The number of carbonyl (C=O) groups is 2. The van der Waals surface area contributed by atoms with E-state index in [9.17, 15) is 9.59 Å². The summed E-state index contributed by atoms with van der Waals surface area (Å²) in [5.74, 6) is -0.220. The Bertz CT molecular complexity index is 1180. The van der Waals surface area contributed by atoms with Crippen LogP contribution in [-0.2, 0) is 16.1 Å². The third-order valence-corrected chi connectivity index (χ3v) is 5.55. The molecule has 4 rings (SSSR count). The number of rotatable bonds is 5. The van der Waals surface area contributed by atoms with Crippen LogP contribution in [0.2, 0.25) is 5.02 Å². The Labute approximate surface area is 180 Å². The summed E-state index contributed by atoms with van der Waals surface area (Å²) in [6.45, 7) is 5.97. The van der Waals surface area contributed by atoms with Crippen LogP contribution in [0.1, 0.15) is 28.0 Å². The summed E-state index contributed by atoms with van der Waals surface area (Å²) in [6.07, 6.45) is 1.52. The fourth-order valence-electron chi connectivity index (χ4n) is 3.42. The Morgan fingerprint density at radius 1 is 0.933 bits per heavy atom. The lowest BCUT2D eigenvalue weighted by Gasteiger charge is -2.14. The van der Waals surface area contributed by atoms with Gasteiger partial charge in [0.1, 0.15) is 11.5 Å². The molecule has 0 radical (unpaired) electrons. The highest BCUT2D eigenvalue weighted by molar-refractivity contribution is 6.36. The van der Waals surface area contributed by atoms with E-state index in [4.69, 9.17) is 16.0 Å². The molecule has 152 valence electrons. The Hall–Kier alpha value is -3.31. The molecule has 2 aromatic carbocycles. The standard InChI is InChI=1S/C24H21ClN2O3/c1-14-6-8-17(11-16(14)3)21-22(26-20-12-18(25)9-7-15(20)2)24(29)27(23(21)28)13-19-5-4-10-30-19/h4-12,26H,13H2,1-3H3. The second kappa shape index (κ2) is 7.84. The van der Waals surface area contributed by atoms with Crippen molar-refractivity contribution in [2.24, 2.45) is 0 Å². The number of hydrogen-bond acceptors (Lipinski definition) is 4. The first-order chi connectivity index (χ1) is 14.3. The van der Waals surface area contributed by atoms with Crippen molar-refractivity contribution >= 4 is 34.7 Å². The molecule has 1 aliphatic rings. The second-order valence-corrected chi connectivity index (χ2v) is 7.85. The SMILES string of the molecule is Cc1ccc(C2=C(Nc3cc(Cl)ccc3C)C(=O)N(Cc3ccco3)C2=O)cc1C. The zero-order valence-electron chi connectivity index (χ0n) is 17.0. The number of nitrogens with zero attached hydrogens (tertiary/aromatic N) is 1. The first kappa shape index (κ1) is 20.0. The monoisotopic (exact) mass is 420 g/mol. The van der Waals surface area contributed by atoms with Crippen LogP contribution in [0.3, 0.4) is 0 Å². The van der Waals surface area contributed by atoms with Crippen LogP contribution in [-0.4, -0.2) is 16.7 Å². The number of halogens is 1. The van der Waals surface area contributed by atoms with Gasteiger partial charge in [0.2, 0.25) is 0 Å². The lowest BCUT2D eigenvalue weighted by molar-refractivity contribution is -0.137. The molecule has 0 aliphatic carbocycles. The average molecular weight is 421 g/mol. The van der Waals surface area contributed by atoms with Gasteiger partial charge in [0.05, 0.1) is 18.4 Å². The van der Waals surface area contributed by atoms with Crippen molar-refractivity contribution in [2.45, 2.75) is 27.3 Å². The van der Waals surface area contributed by atoms with Crippen LogP contribution in [0.25, 0.3) is 5.57 Å². The van der Waals surface area contributed by atoms with Crippen LogP contribution < -0.4 is 5.32 Å². The predicted octanol–water partition coefficient (Wildman–Crippen LogP) is 5.25. The smallest absolute Gasteiger partial charge is 0.278 e. The van der Waals surface area contributed by atoms with Gasteiger partial charge in [0.15, 0.2) is 0 Å². The molecule has 0 fully saturated rings. The molecule has 0 spiro atoms. The highest BCUT2D eigenvalue weighted by atomic mass is 35.5. The maximum absolute atomic E-state index is 13.3. The summed E-state index contributed by atoms with van der Waals surface area (Å²) in [5.41, 5.74) is 5.03. The van der Waals surface area contributed by atoms with E-state index >= 15 is 0 Å². The number of aryl methyl sites for hydroxylation is 3. The summed E-state index contributed by atoms with van der Waals surface area (Å²) in [6, 6.07) is 14.6. The van der Waals surface area contributed by atoms with Crippen molar-refractivity contribution < 1.29 is 14.0 Å². The summed E-state index contributed by atoms with van der Waals surface area (Å²) in [7, 11) is 0. The molecule has 0 saturated carbocycles. The van der Waals surface area contributed by atoms with Gasteiger partial charge in [-0.05, 0) is 67.3 Å². The van der Waals surface area contributed by atoms with Crippen LogP contribution in [0.4, 0.5) is 5.69 Å². The van der Waals surface area contributed by atoms with Crippen molar-refractivity contribution in [1.82, 2.24) is 4.90 Å². The third-order valence-electron chi connectivity index (χ3n) is 5.32. The maximum Gasteiger partial charge on any atom is 0.278 e. The van der Waals surface area contributed by atoms with Gasteiger partial charge in [-0.3, -0.25) is 14.5 Å². The Morgan fingerprint density at radius 3 is 2.40 bits per heavy atom. The highest BCUT2D eigenvalue weighted by Crippen LogP contribution is 2.33. The highest BCUT2D eigenvalue weighted by Gasteiger charge is 2.39. The first-order valence-electron chi connectivity index (χ1n) is 9.59. The van der Waals surface area contributed by atoms with Crippen molar-refractivity contribution in [1.29, 1.82) is 0 Å². The summed E-state index contributed by atoms with van der Waals surface area (Å²) >= 11 is 6.15. The van der Waals surface area contributed by atoms with Crippen LogP contribution in [0, 0.1) is 20.8 Å². The molecule has 1 N–H and O–H groups in total. The summed E-state index contributed by atoms with van der Waals surface area (Å²) in [4.78, 5) is 27.8. The average Bonchev–Trinajstić information content (AvgIpc) is 3.30. The van der Waals surface area contributed by atoms with E-state index in [1.807, 2.05) is 45.0 Å². The van der Waals surface area contributed by atoms with E-state index in [2.05, 4.69) is 5.32 Å². The van der Waals surface area contributed by atoms with Crippen molar-refractivity contribution in [3.63, 3.8) is 0 Å². The first-order valence-corrected chi connectivity index (χ1v) is 9.96. The molecule has 3 aromatic rings. The topological polar surface area (TPSA) is 62.6 Å². The number of anilines is 1. The van der Waals surface area contributed by atoms with Gasteiger partial charge in [-0.25, -0.2) is 0 Å². The molecule has 2 heterocycles. The number of imide groups is 1. The molecule has 1 aromatic heterocycles. The summed E-state index contributed by atoms with van der Waals surface area (Å²) < 4.78 is 5.35. The van der Waals surface area contributed by atoms with E-state index in [1.165, 1.54) is 11.2 Å². The fraction of sp³-hybridized carbons (Fsp3) is 0.167. The normalized spacial score (nSPS) is 14.1. The molecular weight excluding hydrogens is 400 g/mol. The number of carbonyl (C=O) groups excluding carboxylic acids is 2. The fourth-order valence-corrected chi connectivity index (χ4v) is 3.59. The number of hydrogen-bond donors (Lipinski definition) is 1. The van der Waals surface area contributed by atoms with E-state index in [1.54, 1.807) is 24.3 Å². The number of furan rings is 1. The van der Waals surface area contributed by atoms with Crippen molar-refractivity contribution in [3.05, 3.63) is 93.5 Å². The van der Waals surface area contributed by atoms with Gasteiger partial charge in [-0.1, -0.05) is 35.9 Å². The largest absolute Gasteiger partial charge is 0.467 e. The minimum absolute atomic E-state index is 0.0682. The van der Waals surface area contributed by atoms with Crippen LogP contribution >= 0.6 is 11.6 Å². The number of nitrogens with one attached hydrogen (secondary N) is 1. The van der Waals surface area contributed by atoms with Crippen molar-refractivity contribution in [3.8, 4) is 0 Å². The molecule has 30 heavy (non-hydrogen) atoms. The molecule has 0 saturated heterocycles. The number of amides is 2. The van der Waals surface area contributed by atoms with Gasteiger partial charge in [0, 0.05) is 10.7 Å². The molecule has 5 nitrogen and oxygen atoms in total. The van der Waals surface area contributed by atoms with Gasteiger partial charge >= 0.3 is 0 Å². The van der Waals surface area contributed by atoms with Crippen LogP contribution in [0.5, 0.6) is 0 Å². The van der Waals surface area contributed by atoms with E-state index in [0.29, 0.717) is 27.6 Å². The zero-order valence-corrected chi connectivity index (χ0v) is 17.7.